The Morgan fingerprint density at radius 2 is 1.90 bits per heavy atom. The molecule has 0 unspecified atom stereocenters. The van der Waals surface area contributed by atoms with Gasteiger partial charge in [0.25, 0.3) is 11.1 Å². The molecule has 7 nitrogen and oxygen atoms in total. The summed E-state index contributed by atoms with van der Waals surface area (Å²) < 4.78 is 16.8. The van der Waals surface area contributed by atoms with Crippen LogP contribution in [-0.4, -0.2) is 19.3 Å². The van der Waals surface area contributed by atoms with Crippen LogP contribution < -0.4 is 11.1 Å². The van der Waals surface area contributed by atoms with Gasteiger partial charge in [0, 0.05) is 48.4 Å². The van der Waals surface area contributed by atoms with Crippen LogP contribution in [0.3, 0.4) is 0 Å². The lowest BCUT2D eigenvalue weighted by molar-refractivity contribution is 0.609. The molecule has 4 aromatic rings. The van der Waals surface area contributed by atoms with E-state index in [4.69, 9.17) is 0 Å². The van der Waals surface area contributed by atoms with Gasteiger partial charge in [0.1, 0.15) is 6.07 Å². The largest absolute Gasteiger partial charge is 0.326 e. The first-order chi connectivity index (χ1) is 14.0. The highest BCUT2D eigenvalue weighted by atomic mass is 19.1. The molecule has 142 valence electrons. The summed E-state index contributed by atoms with van der Waals surface area (Å²) in [5.41, 5.74) is 2.07. The van der Waals surface area contributed by atoms with Gasteiger partial charge in [0.05, 0.1) is 17.4 Å². The maximum atomic E-state index is 13.8. The van der Waals surface area contributed by atoms with Crippen molar-refractivity contribution in [2.24, 2.45) is 7.05 Å². The molecule has 4 rings (SSSR count). The fourth-order valence-corrected chi connectivity index (χ4v) is 3.07. The molecule has 0 fully saturated rings. The third-order valence-corrected chi connectivity index (χ3v) is 4.56. The van der Waals surface area contributed by atoms with Crippen molar-refractivity contribution >= 4 is 0 Å². The Balaban J connectivity index is 1.90. The molecule has 29 heavy (non-hydrogen) atoms. The van der Waals surface area contributed by atoms with E-state index in [1.165, 1.54) is 16.8 Å². The minimum atomic E-state index is -0.937. The Bertz CT molecular complexity index is 1390. The average Bonchev–Trinajstić information content (AvgIpc) is 3.21. The van der Waals surface area contributed by atoms with Gasteiger partial charge in [-0.1, -0.05) is 12.1 Å². The first kappa shape index (κ1) is 18.1. The van der Waals surface area contributed by atoms with Crippen molar-refractivity contribution in [3.8, 4) is 34.0 Å². The van der Waals surface area contributed by atoms with Gasteiger partial charge in [0.15, 0.2) is 5.82 Å². The summed E-state index contributed by atoms with van der Waals surface area (Å²) >= 11 is 0. The second-order valence-corrected chi connectivity index (χ2v) is 6.42. The maximum absolute atomic E-state index is 13.8. The van der Waals surface area contributed by atoms with Crippen molar-refractivity contribution in [3.63, 3.8) is 0 Å². The van der Waals surface area contributed by atoms with E-state index in [1.807, 2.05) is 0 Å². The normalized spacial score (nSPS) is 10.7. The fraction of sp³-hybridized carbons (Fsp3) is 0.0476. The first-order valence-corrected chi connectivity index (χ1v) is 8.62. The Labute approximate surface area is 163 Å². The number of benzene rings is 1. The van der Waals surface area contributed by atoms with Crippen LogP contribution in [0.15, 0.2) is 70.8 Å². The van der Waals surface area contributed by atoms with E-state index < -0.39 is 11.4 Å². The summed E-state index contributed by atoms with van der Waals surface area (Å²) in [7, 11) is 1.61. The number of nitrogens with one attached hydrogen (secondary N) is 1. The summed E-state index contributed by atoms with van der Waals surface area (Å²) in [6.07, 6.45) is 6.30. The van der Waals surface area contributed by atoms with Crippen LogP contribution in [0.25, 0.3) is 27.9 Å². The van der Waals surface area contributed by atoms with Crippen LogP contribution in [0, 0.1) is 17.1 Å². The van der Waals surface area contributed by atoms with E-state index in [1.54, 1.807) is 54.6 Å². The van der Waals surface area contributed by atoms with Gasteiger partial charge < -0.3 is 9.55 Å². The molecule has 0 aliphatic carbocycles. The molecule has 0 spiro atoms. The summed E-state index contributed by atoms with van der Waals surface area (Å²) in [5, 5.41) is 13.7. The predicted octanol–water partition coefficient (Wildman–Crippen LogP) is 2.60. The van der Waals surface area contributed by atoms with Crippen molar-refractivity contribution in [2.75, 3.05) is 0 Å². The first-order valence-electron chi connectivity index (χ1n) is 8.62. The molecule has 1 aromatic carbocycles. The number of hydrogen-bond acceptors (Lipinski definition) is 4. The quantitative estimate of drug-likeness (QED) is 0.584. The van der Waals surface area contributed by atoms with E-state index in [2.05, 4.69) is 16.2 Å². The Morgan fingerprint density at radius 1 is 1.10 bits per heavy atom. The molecule has 1 N–H and O–H groups in total. The van der Waals surface area contributed by atoms with Gasteiger partial charge in [-0.05, 0) is 23.8 Å². The zero-order chi connectivity index (χ0) is 20.5. The molecule has 3 aromatic heterocycles. The number of pyridine rings is 2. The number of aromatic amines is 1. The molecule has 0 aliphatic heterocycles. The van der Waals surface area contributed by atoms with Gasteiger partial charge in [-0.15, -0.1) is 0 Å². The summed E-state index contributed by atoms with van der Waals surface area (Å²) in [4.78, 5) is 25.9. The van der Waals surface area contributed by atoms with Gasteiger partial charge in [-0.3, -0.25) is 9.59 Å². The van der Waals surface area contributed by atoms with E-state index in [0.29, 0.717) is 33.5 Å². The number of aryl methyl sites for hydroxylation is 1. The topological polar surface area (TPSA) is 96.5 Å². The molecule has 0 bridgehead atoms. The number of aromatic nitrogens is 4. The SMILES string of the molecule is Cn1cc(-c2cnn(-c3ccccc3C#N)c2)c(-c2c[nH]c(=O)c(F)c2)cc1=O. The summed E-state index contributed by atoms with van der Waals surface area (Å²) in [5.74, 6) is -0.937. The van der Waals surface area contributed by atoms with Crippen molar-refractivity contribution < 1.29 is 4.39 Å². The van der Waals surface area contributed by atoms with Crippen molar-refractivity contribution in [1.29, 1.82) is 5.26 Å². The number of halogens is 1. The minimum absolute atomic E-state index is 0.280. The zero-order valence-electron chi connectivity index (χ0n) is 15.3. The molecule has 3 heterocycles. The molecular formula is C21H14FN5O2. The van der Waals surface area contributed by atoms with Gasteiger partial charge >= 0.3 is 0 Å². The minimum Gasteiger partial charge on any atom is -0.326 e. The molecular weight excluding hydrogens is 373 g/mol. The van der Waals surface area contributed by atoms with Gasteiger partial charge in [-0.25, -0.2) is 9.07 Å². The Morgan fingerprint density at radius 3 is 2.66 bits per heavy atom. The number of nitrogens with zero attached hydrogens (tertiary/aromatic N) is 4. The highest BCUT2D eigenvalue weighted by molar-refractivity contribution is 5.82. The lowest BCUT2D eigenvalue weighted by Gasteiger charge is -2.10. The highest BCUT2D eigenvalue weighted by Gasteiger charge is 2.15. The maximum Gasteiger partial charge on any atom is 0.283 e. The van der Waals surface area contributed by atoms with Crippen LogP contribution >= 0.6 is 0 Å². The fourth-order valence-electron chi connectivity index (χ4n) is 3.07. The lowest BCUT2D eigenvalue weighted by atomic mass is 9.99. The number of nitriles is 1. The van der Waals surface area contributed by atoms with Crippen molar-refractivity contribution in [2.45, 2.75) is 0 Å². The van der Waals surface area contributed by atoms with Gasteiger partial charge in [0.2, 0.25) is 0 Å². The third kappa shape index (κ3) is 3.26. The molecule has 0 atom stereocenters. The predicted molar refractivity (Wildman–Crippen MR) is 105 cm³/mol. The average molecular weight is 387 g/mol. The van der Waals surface area contributed by atoms with E-state index in [9.17, 15) is 19.2 Å². The van der Waals surface area contributed by atoms with Crippen LogP contribution in [0.2, 0.25) is 0 Å². The van der Waals surface area contributed by atoms with E-state index in [0.717, 1.165) is 6.07 Å². The number of rotatable bonds is 3. The van der Waals surface area contributed by atoms with Gasteiger partial charge in [-0.2, -0.15) is 10.4 Å². The summed E-state index contributed by atoms with van der Waals surface area (Å²) in [6, 6.07) is 11.6. The third-order valence-electron chi connectivity index (χ3n) is 4.56. The van der Waals surface area contributed by atoms with E-state index in [-0.39, 0.29) is 5.56 Å². The van der Waals surface area contributed by atoms with Crippen molar-refractivity contribution in [3.05, 3.63) is 93.3 Å². The van der Waals surface area contributed by atoms with Crippen LogP contribution in [0.5, 0.6) is 0 Å². The second kappa shape index (κ2) is 7.05. The molecule has 0 amide bonds. The molecule has 8 heteroatoms. The Kier molecular flexibility index (Phi) is 4.41. The highest BCUT2D eigenvalue weighted by Crippen LogP contribution is 2.31. The molecule has 0 saturated carbocycles. The lowest BCUT2D eigenvalue weighted by Crippen LogP contribution is -2.16. The van der Waals surface area contributed by atoms with Crippen LogP contribution in [0.1, 0.15) is 5.56 Å². The van der Waals surface area contributed by atoms with Crippen LogP contribution in [-0.2, 0) is 7.05 Å². The molecule has 0 saturated heterocycles. The monoisotopic (exact) mass is 387 g/mol. The number of hydrogen-bond donors (Lipinski definition) is 1. The smallest absolute Gasteiger partial charge is 0.283 e. The number of para-hydroxylation sites is 1. The van der Waals surface area contributed by atoms with Crippen LogP contribution in [0.4, 0.5) is 4.39 Å². The molecule has 0 radical (unpaired) electrons. The standard InChI is InChI=1S/C21H14FN5O2/c1-26-12-17(16(7-20(26)28)14-6-18(22)21(29)24-9-14)15-10-25-27(11-15)19-5-3-2-4-13(19)8-23/h2-7,9-12H,1H3,(H,24,29). The Hall–Kier alpha value is -4.25. The zero-order valence-corrected chi connectivity index (χ0v) is 15.3. The second-order valence-electron chi connectivity index (χ2n) is 6.42. The summed E-state index contributed by atoms with van der Waals surface area (Å²) in [6.45, 7) is 0. The van der Waals surface area contributed by atoms with E-state index >= 15 is 0 Å². The molecule has 0 aliphatic rings. The van der Waals surface area contributed by atoms with Crippen molar-refractivity contribution in [1.82, 2.24) is 19.3 Å². The number of H-pyrrole nitrogens is 1.